The molecule has 1 heterocycles. The van der Waals surface area contributed by atoms with Crippen LogP contribution in [-0.2, 0) is 28.3 Å². The topological polar surface area (TPSA) is 110 Å². The fourth-order valence-corrected chi connectivity index (χ4v) is 5.60. The third kappa shape index (κ3) is 7.03. The second-order valence-electron chi connectivity index (χ2n) is 11.1. The van der Waals surface area contributed by atoms with Crippen molar-refractivity contribution in [1.29, 1.82) is 0 Å². The standard InChI is InChI=1S/C37H37N3O5/c1-27(12-11-19-34(42)39(22-23-41)25-28-13-5-2-6-14-28)37(45)32-24-31(38-35(43)30-17-9-4-10-18-30)20-21-33(32)40(36(37)44)26-29-15-7-3-8-16-29/h2-18,20-21,24,27,41,45H,19,22-23,25-26H2,1H3,(H,38,43)/b12-11+/t27-,37+/m1/s1. The average Bonchev–Trinajstić information content (AvgIpc) is 3.27. The van der Waals surface area contributed by atoms with Crippen LogP contribution >= 0.6 is 0 Å². The van der Waals surface area contributed by atoms with Crippen molar-refractivity contribution in [2.75, 3.05) is 23.4 Å². The molecule has 3 N–H and O–H groups in total. The van der Waals surface area contributed by atoms with E-state index in [4.69, 9.17) is 0 Å². The minimum Gasteiger partial charge on any atom is -0.395 e. The predicted molar refractivity (Wildman–Crippen MR) is 174 cm³/mol. The summed E-state index contributed by atoms with van der Waals surface area (Å²) in [6.45, 7) is 2.39. The number of hydrogen-bond donors (Lipinski definition) is 3. The molecule has 2 atom stereocenters. The van der Waals surface area contributed by atoms with Crippen LogP contribution in [-0.4, -0.2) is 46.0 Å². The molecular weight excluding hydrogens is 566 g/mol. The maximum atomic E-state index is 14.0. The van der Waals surface area contributed by atoms with Gasteiger partial charge in [-0.05, 0) is 41.5 Å². The number of rotatable bonds is 12. The van der Waals surface area contributed by atoms with Crippen LogP contribution in [0.15, 0.2) is 121 Å². The van der Waals surface area contributed by atoms with Crippen molar-refractivity contribution in [2.45, 2.75) is 32.0 Å². The van der Waals surface area contributed by atoms with Gasteiger partial charge in [0, 0.05) is 42.2 Å². The largest absolute Gasteiger partial charge is 0.395 e. The van der Waals surface area contributed by atoms with Crippen molar-refractivity contribution in [1.82, 2.24) is 4.90 Å². The van der Waals surface area contributed by atoms with Gasteiger partial charge in [-0.2, -0.15) is 0 Å². The zero-order valence-corrected chi connectivity index (χ0v) is 25.2. The van der Waals surface area contributed by atoms with Crippen molar-refractivity contribution >= 4 is 29.1 Å². The molecule has 4 aromatic rings. The number of aliphatic hydroxyl groups excluding tert-OH is 1. The number of hydrogen-bond acceptors (Lipinski definition) is 5. The van der Waals surface area contributed by atoms with Gasteiger partial charge >= 0.3 is 0 Å². The molecule has 230 valence electrons. The summed E-state index contributed by atoms with van der Waals surface area (Å²) in [4.78, 5) is 43.1. The van der Waals surface area contributed by atoms with Gasteiger partial charge in [0.1, 0.15) is 0 Å². The molecule has 0 spiro atoms. The quantitative estimate of drug-likeness (QED) is 0.191. The molecule has 0 bridgehead atoms. The lowest BCUT2D eigenvalue weighted by Gasteiger charge is -2.28. The number of nitrogens with zero attached hydrogens (tertiary/aromatic N) is 2. The van der Waals surface area contributed by atoms with Gasteiger partial charge in [-0.3, -0.25) is 14.4 Å². The van der Waals surface area contributed by atoms with Gasteiger partial charge < -0.3 is 25.3 Å². The monoisotopic (exact) mass is 603 g/mol. The van der Waals surface area contributed by atoms with E-state index >= 15 is 0 Å². The highest BCUT2D eigenvalue weighted by Crippen LogP contribution is 2.47. The Hall–Kier alpha value is -5.05. The Morgan fingerprint density at radius 3 is 2.18 bits per heavy atom. The van der Waals surface area contributed by atoms with Crippen molar-refractivity contribution in [2.24, 2.45) is 5.92 Å². The molecule has 0 aromatic heterocycles. The first-order chi connectivity index (χ1) is 21.8. The number of carbonyl (C=O) groups is 3. The van der Waals surface area contributed by atoms with E-state index in [0.717, 1.165) is 11.1 Å². The number of benzene rings is 4. The lowest BCUT2D eigenvalue weighted by Crippen LogP contribution is -2.44. The Morgan fingerprint density at radius 1 is 0.911 bits per heavy atom. The highest BCUT2D eigenvalue weighted by Gasteiger charge is 2.52. The average molecular weight is 604 g/mol. The smallest absolute Gasteiger partial charge is 0.264 e. The maximum Gasteiger partial charge on any atom is 0.264 e. The zero-order valence-electron chi connectivity index (χ0n) is 25.2. The van der Waals surface area contributed by atoms with E-state index in [1.807, 2.05) is 66.7 Å². The molecule has 0 unspecified atom stereocenters. The molecule has 0 radical (unpaired) electrons. The lowest BCUT2D eigenvalue weighted by molar-refractivity contribution is -0.139. The van der Waals surface area contributed by atoms with Gasteiger partial charge in [0.05, 0.1) is 18.8 Å². The molecule has 3 amide bonds. The van der Waals surface area contributed by atoms with Crippen LogP contribution in [0.4, 0.5) is 11.4 Å². The molecule has 0 fully saturated rings. The van der Waals surface area contributed by atoms with Gasteiger partial charge in [0.15, 0.2) is 5.60 Å². The number of aliphatic hydroxyl groups is 2. The number of nitrogens with one attached hydrogen (secondary N) is 1. The number of carbonyl (C=O) groups excluding carboxylic acids is 3. The summed E-state index contributed by atoms with van der Waals surface area (Å²) in [7, 11) is 0. The van der Waals surface area contributed by atoms with Gasteiger partial charge in [0.25, 0.3) is 11.8 Å². The first-order valence-electron chi connectivity index (χ1n) is 15.0. The second kappa shape index (κ2) is 14.2. The van der Waals surface area contributed by atoms with Crippen LogP contribution < -0.4 is 10.2 Å². The van der Waals surface area contributed by atoms with Crippen molar-refractivity contribution in [3.8, 4) is 0 Å². The molecule has 0 aliphatic carbocycles. The molecule has 0 saturated carbocycles. The fraction of sp³-hybridized carbons (Fsp3) is 0.216. The Morgan fingerprint density at radius 2 is 1.53 bits per heavy atom. The van der Waals surface area contributed by atoms with Gasteiger partial charge in [-0.15, -0.1) is 0 Å². The van der Waals surface area contributed by atoms with Crippen LogP contribution in [0.1, 0.15) is 40.4 Å². The van der Waals surface area contributed by atoms with Crippen LogP contribution in [0, 0.1) is 5.92 Å². The maximum absolute atomic E-state index is 14.0. The van der Waals surface area contributed by atoms with E-state index < -0.39 is 17.4 Å². The number of fused-ring (bicyclic) bond motifs is 1. The summed E-state index contributed by atoms with van der Waals surface area (Å²) >= 11 is 0. The van der Waals surface area contributed by atoms with Crippen LogP contribution in [0.5, 0.6) is 0 Å². The minimum absolute atomic E-state index is 0.0369. The summed E-state index contributed by atoms with van der Waals surface area (Å²) in [5.41, 5.74) is 1.78. The van der Waals surface area contributed by atoms with Gasteiger partial charge in [0.2, 0.25) is 5.91 Å². The lowest BCUT2D eigenvalue weighted by atomic mass is 9.82. The van der Waals surface area contributed by atoms with E-state index in [1.54, 1.807) is 71.3 Å². The highest BCUT2D eigenvalue weighted by atomic mass is 16.3. The predicted octanol–water partition coefficient (Wildman–Crippen LogP) is 5.28. The second-order valence-corrected chi connectivity index (χ2v) is 11.1. The zero-order chi connectivity index (χ0) is 31.8. The van der Waals surface area contributed by atoms with Crippen LogP contribution in [0.2, 0.25) is 0 Å². The van der Waals surface area contributed by atoms with Crippen LogP contribution in [0.3, 0.4) is 0 Å². The van der Waals surface area contributed by atoms with E-state index in [9.17, 15) is 24.6 Å². The molecule has 5 rings (SSSR count). The van der Waals surface area contributed by atoms with Crippen molar-refractivity contribution in [3.05, 3.63) is 144 Å². The third-order valence-corrected chi connectivity index (χ3v) is 8.06. The number of anilines is 2. The molecule has 45 heavy (non-hydrogen) atoms. The van der Waals surface area contributed by atoms with Gasteiger partial charge in [-0.1, -0.05) is 97.9 Å². The molecule has 8 nitrogen and oxygen atoms in total. The van der Waals surface area contributed by atoms with E-state index in [-0.39, 0.29) is 37.9 Å². The van der Waals surface area contributed by atoms with Crippen molar-refractivity contribution in [3.63, 3.8) is 0 Å². The SMILES string of the molecule is C[C@H](/C=C/CC(=O)N(CCO)Cc1ccccc1)[C@@]1(O)C(=O)N(Cc2ccccc2)c2ccc(NC(=O)c3ccccc3)cc21. The molecule has 4 aromatic carbocycles. The normalized spacial score (nSPS) is 16.4. The molecule has 0 saturated heterocycles. The van der Waals surface area contributed by atoms with E-state index in [0.29, 0.717) is 29.0 Å². The summed E-state index contributed by atoms with van der Waals surface area (Å²) < 4.78 is 0. The Balaban J connectivity index is 1.39. The summed E-state index contributed by atoms with van der Waals surface area (Å²) in [6.07, 6.45) is 3.38. The fourth-order valence-electron chi connectivity index (χ4n) is 5.60. The molecule has 1 aliphatic rings. The molecule has 8 heteroatoms. The van der Waals surface area contributed by atoms with E-state index in [1.165, 1.54) is 0 Å². The molecule has 1 aliphatic heterocycles. The Bertz CT molecular complexity index is 1660. The Labute approximate surface area is 263 Å². The summed E-state index contributed by atoms with van der Waals surface area (Å²) in [6, 6.07) is 33.0. The first kappa shape index (κ1) is 31.4. The van der Waals surface area contributed by atoms with Crippen LogP contribution in [0.25, 0.3) is 0 Å². The number of amides is 3. The van der Waals surface area contributed by atoms with Gasteiger partial charge in [-0.25, -0.2) is 0 Å². The highest BCUT2D eigenvalue weighted by molar-refractivity contribution is 6.09. The minimum atomic E-state index is -1.94. The Kier molecular flexibility index (Phi) is 9.87. The van der Waals surface area contributed by atoms with Crippen molar-refractivity contribution < 1.29 is 24.6 Å². The summed E-state index contributed by atoms with van der Waals surface area (Å²) in [5.74, 6) is -1.68. The molecular formula is C37H37N3O5. The third-order valence-electron chi connectivity index (χ3n) is 8.06. The van der Waals surface area contributed by atoms with E-state index in [2.05, 4.69) is 5.32 Å². The first-order valence-corrected chi connectivity index (χ1v) is 15.0. The summed E-state index contributed by atoms with van der Waals surface area (Å²) in [5, 5.41) is 24.6.